The molecule has 0 radical (unpaired) electrons. The van der Waals surface area contributed by atoms with E-state index in [9.17, 15) is 5.11 Å². The molecule has 1 aromatic rings. The Bertz CT molecular complexity index is 352. The minimum Gasteiger partial charge on any atom is -0.389 e. The van der Waals surface area contributed by atoms with Gasteiger partial charge < -0.3 is 10.4 Å². The molecule has 0 bridgehead atoms. The molecule has 0 spiro atoms. The van der Waals surface area contributed by atoms with Crippen molar-refractivity contribution in [1.82, 2.24) is 5.32 Å². The summed E-state index contributed by atoms with van der Waals surface area (Å²) in [5.74, 6) is 0. The van der Waals surface area contributed by atoms with Gasteiger partial charge in [-0.25, -0.2) is 0 Å². The van der Waals surface area contributed by atoms with Gasteiger partial charge in [0.1, 0.15) is 0 Å². The topological polar surface area (TPSA) is 32.3 Å². The molecule has 2 rings (SSSR count). The molecule has 0 unspecified atom stereocenters. The molecule has 0 aliphatic heterocycles. The van der Waals surface area contributed by atoms with Crippen molar-refractivity contribution >= 4 is 27.3 Å². The van der Waals surface area contributed by atoms with Crippen molar-refractivity contribution in [3.63, 3.8) is 0 Å². The summed E-state index contributed by atoms with van der Waals surface area (Å²) < 4.78 is 1.19. The minimum atomic E-state index is -0.457. The molecule has 0 atom stereocenters. The van der Waals surface area contributed by atoms with E-state index in [4.69, 9.17) is 0 Å². The molecule has 1 saturated carbocycles. The lowest BCUT2D eigenvalue weighted by molar-refractivity contribution is 0.00472. The summed E-state index contributed by atoms with van der Waals surface area (Å²) in [7, 11) is 0. The van der Waals surface area contributed by atoms with Crippen LogP contribution < -0.4 is 5.32 Å². The number of halogens is 1. The zero-order valence-electron chi connectivity index (χ0n) is 10.3. The van der Waals surface area contributed by atoms with Gasteiger partial charge in [0.05, 0.1) is 5.60 Å². The Balaban J connectivity index is 1.78. The summed E-state index contributed by atoms with van der Waals surface area (Å²) in [6.07, 6.45) is 5.52. The predicted octanol–water partition coefficient (Wildman–Crippen LogP) is 3.60. The number of aryl methyl sites for hydroxylation is 1. The second kappa shape index (κ2) is 5.83. The minimum absolute atomic E-state index is 0.457. The maximum absolute atomic E-state index is 10.3. The van der Waals surface area contributed by atoms with E-state index in [1.807, 2.05) is 11.3 Å². The van der Waals surface area contributed by atoms with E-state index < -0.39 is 5.60 Å². The smallest absolute Gasteiger partial charge is 0.0771 e. The molecule has 0 saturated heterocycles. The van der Waals surface area contributed by atoms with E-state index in [0.717, 1.165) is 25.9 Å². The van der Waals surface area contributed by atoms with E-state index >= 15 is 0 Å². The third-order valence-electron chi connectivity index (χ3n) is 3.45. The summed E-state index contributed by atoms with van der Waals surface area (Å²) in [4.78, 5) is 2.65. The van der Waals surface area contributed by atoms with Gasteiger partial charge in [0, 0.05) is 27.3 Å². The van der Waals surface area contributed by atoms with Crippen LogP contribution in [-0.4, -0.2) is 17.3 Å². The SMILES string of the molecule is Cc1sc(CNCC2(O)CCCCC2)cc1Br. The highest BCUT2D eigenvalue weighted by molar-refractivity contribution is 9.10. The average Bonchev–Trinajstić information content (AvgIpc) is 2.59. The Kier molecular flexibility index (Phi) is 4.64. The highest BCUT2D eigenvalue weighted by Gasteiger charge is 2.28. The van der Waals surface area contributed by atoms with Gasteiger partial charge in [-0.15, -0.1) is 11.3 Å². The van der Waals surface area contributed by atoms with E-state index in [-0.39, 0.29) is 0 Å². The summed E-state index contributed by atoms with van der Waals surface area (Å²) in [6, 6.07) is 2.16. The lowest BCUT2D eigenvalue weighted by Gasteiger charge is -2.32. The van der Waals surface area contributed by atoms with Crippen molar-refractivity contribution in [2.75, 3.05) is 6.54 Å². The van der Waals surface area contributed by atoms with Crippen molar-refractivity contribution in [2.45, 2.75) is 51.2 Å². The summed E-state index contributed by atoms with van der Waals surface area (Å²) in [6.45, 7) is 3.70. The van der Waals surface area contributed by atoms with Gasteiger partial charge in [0.15, 0.2) is 0 Å². The van der Waals surface area contributed by atoms with E-state index in [2.05, 4.69) is 34.2 Å². The number of nitrogens with one attached hydrogen (secondary N) is 1. The first-order valence-corrected chi connectivity index (χ1v) is 7.88. The van der Waals surface area contributed by atoms with Gasteiger partial charge in [-0.3, -0.25) is 0 Å². The van der Waals surface area contributed by atoms with Crippen LogP contribution in [0.5, 0.6) is 0 Å². The quantitative estimate of drug-likeness (QED) is 0.889. The lowest BCUT2D eigenvalue weighted by atomic mass is 9.85. The van der Waals surface area contributed by atoms with Crippen LogP contribution in [0, 0.1) is 6.92 Å². The molecule has 1 fully saturated rings. The highest BCUT2D eigenvalue weighted by Crippen LogP contribution is 2.28. The van der Waals surface area contributed by atoms with E-state index in [1.54, 1.807) is 0 Å². The highest BCUT2D eigenvalue weighted by atomic mass is 79.9. The zero-order valence-corrected chi connectivity index (χ0v) is 12.7. The zero-order chi connectivity index (χ0) is 12.3. The molecule has 0 amide bonds. The monoisotopic (exact) mass is 317 g/mol. The third-order valence-corrected chi connectivity index (χ3v) is 5.58. The standard InChI is InChI=1S/C13H20BrNOS/c1-10-12(14)7-11(17-10)8-15-9-13(16)5-3-2-4-6-13/h7,15-16H,2-6,8-9H2,1H3. The van der Waals surface area contributed by atoms with E-state index in [1.165, 1.54) is 33.5 Å². The summed E-state index contributed by atoms with van der Waals surface area (Å²) >= 11 is 5.34. The van der Waals surface area contributed by atoms with Crippen LogP contribution in [0.4, 0.5) is 0 Å². The molecule has 2 nitrogen and oxygen atoms in total. The summed E-state index contributed by atoms with van der Waals surface area (Å²) in [5, 5.41) is 13.7. The maximum atomic E-state index is 10.3. The van der Waals surface area contributed by atoms with Crippen molar-refractivity contribution in [2.24, 2.45) is 0 Å². The first kappa shape index (κ1) is 13.5. The number of aliphatic hydroxyl groups is 1. The van der Waals surface area contributed by atoms with Crippen molar-refractivity contribution < 1.29 is 5.11 Å². The van der Waals surface area contributed by atoms with Gasteiger partial charge in [0.2, 0.25) is 0 Å². The number of thiophene rings is 1. The second-order valence-electron chi connectivity index (χ2n) is 5.01. The average molecular weight is 318 g/mol. The largest absolute Gasteiger partial charge is 0.389 e. The van der Waals surface area contributed by atoms with Gasteiger partial charge in [-0.1, -0.05) is 19.3 Å². The Morgan fingerprint density at radius 3 is 2.71 bits per heavy atom. The molecule has 1 aromatic heterocycles. The fourth-order valence-corrected chi connectivity index (χ4v) is 3.98. The van der Waals surface area contributed by atoms with Crippen molar-refractivity contribution in [3.05, 3.63) is 20.3 Å². The fourth-order valence-electron chi connectivity index (χ4n) is 2.41. The van der Waals surface area contributed by atoms with Gasteiger partial charge in [-0.2, -0.15) is 0 Å². The lowest BCUT2D eigenvalue weighted by Crippen LogP contribution is -2.41. The van der Waals surface area contributed by atoms with Crippen LogP contribution in [0.3, 0.4) is 0 Å². The molecule has 17 heavy (non-hydrogen) atoms. The molecular weight excluding hydrogens is 298 g/mol. The molecule has 1 heterocycles. The predicted molar refractivity (Wildman–Crippen MR) is 76.5 cm³/mol. The van der Waals surface area contributed by atoms with Gasteiger partial charge >= 0.3 is 0 Å². The van der Waals surface area contributed by atoms with Gasteiger partial charge in [0.25, 0.3) is 0 Å². The fraction of sp³-hybridized carbons (Fsp3) is 0.692. The van der Waals surface area contributed by atoms with Crippen LogP contribution in [0.25, 0.3) is 0 Å². The Labute approximate surface area is 116 Å². The molecule has 96 valence electrons. The number of hydrogen-bond acceptors (Lipinski definition) is 3. The Morgan fingerprint density at radius 1 is 1.41 bits per heavy atom. The summed E-state index contributed by atoms with van der Waals surface area (Å²) in [5.41, 5.74) is -0.457. The molecule has 4 heteroatoms. The molecule has 1 aliphatic rings. The van der Waals surface area contributed by atoms with E-state index in [0.29, 0.717) is 0 Å². The van der Waals surface area contributed by atoms with Gasteiger partial charge in [-0.05, 0) is 41.8 Å². The number of hydrogen-bond donors (Lipinski definition) is 2. The second-order valence-corrected chi connectivity index (χ2v) is 7.20. The normalized spacial score (nSPS) is 19.5. The van der Waals surface area contributed by atoms with Crippen LogP contribution >= 0.6 is 27.3 Å². The third kappa shape index (κ3) is 3.78. The number of rotatable bonds is 4. The molecule has 1 aliphatic carbocycles. The first-order chi connectivity index (χ1) is 8.09. The van der Waals surface area contributed by atoms with Crippen LogP contribution in [0.2, 0.25) is 0 Å². The Morgan fingerprint density at radius 2 is 2.12 bits per heavy atom. The van der Waals surface area contributed by atoms with Crippen LogP contribution in [0.1, 0.15) is 41.9 Å². The van der Waals surface area contributed by atoms with Crippen LogP contribution in [-0.2, 0) is 6.54 Å². The maximum Gasteiger partial charge on any atom is 0.0771 e. The van der Waals surface area contributed by atoms with Crippen molar-refractivity contribution in [3.8, 4) is 0 Å². The van der Waals surface area contributed by atoms with Crippen LogP contribution in [0.15, 0.2) is 10.5 Å². The Hall–Kier alpha value is 0.100. The molecule has 0 aromatic carbocycles. The molecule has 2 N–H and O–H groups in total. The molecular formula is C13H20BrNOS. The van der Waals surface area contributed by atoms with Crippen molar-refractivity contribution in [1.29, 1.82) is 0 Å². The first-order valence-electron chi connectivity index (χ1n) is 6.27.